The highest BCUT2D eigenvalue weighted by molar-refractivity contribution is 5.31. The molecule has 0 aromatic carbocycles. The molecule has 1 heteroatoms. The van der Waals surface area contributed by atoms with Gasteiger partial charge in [-0.1, -0.05) is 61.8 Å². The molecule has 0 N–H and O–H groups in total. The molecule has 1 heterocycles. The van der Waals surface area contributed by atoms with E-state index in [4.69, 9.17) is 4.74 Å². The van der Waals surface area contributed by atoms with Gasteiger partial charge in [-0.05, 0) is 109 Å². The number of epoxide rings is 1. The Morgan fingerprint density at radius 2 is 1.35 bits per heavy atom. The highest BCUT2D eigenvalue weighted by Crippen LogP contribution is 2.83. The van der Waals surface area contributed by atoms with E-state index in [-0.39, 0.29) is 5.60 Å². The van der Waals surface area contributed by atoms with Gasteiger partial charge in [0.25, 0.3) is 0 Å². The number of hydrogen-bond acceptors (Lipinski definition) is 1. The van der Waals surface area contributed by atoms with Gasteiger partial charge >= 0.3 is 0 Å². The number of rotatable bonds is 1. The van der Waals surface area contributed by atoms with Crippen molar-refractivity contribution >= 4 is 0 Å². The lowest BCUT2D eigenvalue weighted by atomic mass is 9.33. The molecule has 3 unspecified atom stereocenters. The Morgan fingerprint density at radius 1 is 0.677 bits per heavy atom. The van der Waals surface area contributed by atoms with Gasteiger partial charge in [0.2, 0.25) is 0 Å². The van der Waals surface area contributed by atoms with Gasteiger partial charge in [-0.15, -0.1) is 0 Å². The molecule has 0 aromatic rings. The van der Waals surface area contributed by atoms with E-state index >= 15 is 0 Å². The smallest absolute Gasteiger partial charge is 0.104 e. The Bertz CT molecular complexity index is 783. The van der Waals surface area contributed by atoms with E-state index in [2.05, 4.69) is 55.4 Å². The van der Waals surface area contributed by atoms with E-state index in [0.29, 0.717) is 33.2 Å². The molecule has 0 radical (unpaired) electrons. The molecule has 31 heavy (non-hydrogen) atoms. The third kappa shape index (κ3) is 2.21. The van der Waals surface area contributed by atoms with E-state index in [1.165, 1.54) is 64.2 Å². The average Bonchev–Trinajstić information content (AvgIpc) is 3.25. The summed E-state index contributed by atoms with van der Waals surface area (Å²) in [4.78, 5) is 0. The zero-order valence-corrected chi connectivity index (χ0v) is 21.9. The van der Waals surface area contributed by atoms with Crippen molar-refractivity contribution in [1.29, 1.82) is 0 Å². The van der Waals surface area contributed by atoms with Crippen LogP contribution in [0.5, 0.6) is 0 Å². The second-order valence-corrected chi connectivity index (χ2v) is 15.4. The van der Waals surface area contributed by atoms with Crippen LogP contribution in [0, 0.1) is 56.7 Å². The third-order valence-electron chi connectivity index (χ3n) is 14.0. The lowest BCUT2D eigenvalue weighted by Gasteiger charge is -2.70. The van der Waals surface area contributed by atoms with Crippen LogP contribution in [0.4, 0.5) is 0 Å². The second kappa shape index (κ2) is 5.95. The first-order valence-electron chi connectivity index (χ1n) is 14.0. The predicted molar refractivity (Wildman–Crippen MR) is 129 cm³/mol. The van der Waals surface area contributed by atoms with Crippen LogP contribution in [0.25, 0.3) is 0 Å². The molecule has 0 aromatic heterocycles. The van der Waals surface area contributed by atoms with Gasteiger partial charge in [0.15, 0.2) is 0 Å². The largest absolute Gasteiger partial charge is 0.365 e. The maximum atomic E-state index is 7.11. The molecule has 10 atom stereocenters. The van der Waals surface area contributed by atoms with E-state index in [9.17, 15) is 0 Å². The fourth-order valence-electron chi connectivity index (χ4n) is 12.6. The van der Waals surface area contributed by atoms with Crippen LogP contribution in [0.3, 0.4) is 0 Å². The van der Waals surface area contributed by atoms with Crippen molar-refractivity contribution in [1.82, 2.24) is 0 Å². The molecule has 6 aliphatic rings. The predicted octanol–water partition coefficient (Wildman–Crippen LogP) is 8.27. The fourth-order valence-corrected chi connectivity index (χ4v) is 12.6. The van der Waals surface area contributed by atoms with Crippen LogP contribution in [-0.4, -0.2) is 11.7 Å². The first kappa shape index (κ1) is 21.5. The Morgan fingerprint density at radius 3 is 2.06 bits per heavy atom. The van der Waals surface area contributed by atoms with Crippen molar-refractivity contribution < 1.29 is 4.74 Å². The first-order chi connectivity index (χ1) is 14.4. The maximum Gasteiger partial charge on any atom is 0.104 e. The highest BCUT2D eigenvalue weighted by Gasteiger charge is 2.83. The zero-order valence-electron chi connectivity index (χ0n) is 21.9. The van der Waals surface area contributed by atoms with Crippen LogP contribution < -0.4 is 0 Å². The second-order valence-electron chi connectivity index (χ2n) is 15.4. The number of ether oxygens (including phenoxy) is 1. The van der Waals surface area contributed by atoms with Crippen molar-refractivity contribution in [2.24, 2.45) is 56.7 Å². The molecule has 0 amide bonds. The Kier molecular flexibility index (Phi) is 4.13. The van der Waals surface area contributed by atoms with Gasteiger partial charge < -0.3 is 4.74 Å². The Hall–Kier alpha value is -0.0400. The van der Waals surface area contributed by atoms with Gasteiger partial charge in [-0.2, -0.15) is 0 Å². The van der Waals surface area contributed by atoms with Crippen LogP contribution >= 0.6 is 0 Å². The summed E-state index contributed by atoms with van der Waals surface area (Å²) in [5, 5.41) is 0. The molecule has 1 nitrogen and oxygen atoms in total. The fraction of sp³-hybridized carbons (Fsp3) is 1.00. The van der Waals surface area contributed by atoms with Crippen molar-refractivity contribution in [2.75, 3.05) is 0 Å². The standard InChI is InChI=1S/C30H50O/c1-19(2)20-10-11-22-26(20,5)16-17-27(6)23-13-12-21-25(3,4)14-9-15-28(21,7)30(23)24(31-30)18-29(22,27)8/h19-24H,9-18H2,1-8H3/t20-,21?,22?,23?,24+,26-,27-,28+,29+,30+/m1/s1. The summed E-state index contributed by atoms with van der Waals surface area (Å²) in [6.45, 7) is 21.1. The summed E-state index contributed by atoms with van der Waals surface area (Å²) in [5.41, 5.74) is 2.60. The van der Waals surface area contributed by atoms with Crippen molar-refractivity contribution in [3.05, 3.63) is 0 Å². The molecule has 5 saturated carbocycles. The quantitative estimate of drug-likeness (QED) is 0.384. The van der Waals surface area contributed by atoms with Crippen LogP contribution in [0.2, 0.25) is 0 Å². The zero-order chi connectivity index (χ0) is 22.2. The molecule has 1 spiro atoms. The van der Waals surface area contributed by atoms with Gasteiger partial charge in [0, 0.05) is 5.41 Å². The van der Waals surface area contributed by atoms with Crippen LogP contribution in [0.1, 0.15) is 120 Å². The lowest BCUT2D eigenvalue weighted by Crippen LogP contribution is -2.68. The van der Waals surface area contributed by atoms with E-state index in [1.807, 2.05) is 0 Å². The van der Waals surface area contributed by atoms with Gasteiger partial charge in [0.05, 0.1) is 6.10 Å². The minimum Gasteiger partial charge on any atom is -0.365 e. The summed E-state index contributed by atoms with van der Waals surface area (Å²) in [6.07, 6.45) is 14.9. The summed E-state index contributed by atoms with van der Waals surface area (Å²) in [6, 6.07) is 0. The molecule has 0 bridgehead atoms. The minimum absolute atomic E-state index is 0.214. The molecule has 5 aliphatic carbocycles. The average molecular weight is 427 g/mol. The molecule has 176 valence electrons. The Labute approximate surface area is 192 Å². The normalized spacial score (nSPS) is 61.6. The Balaban J connectivity index is 1.41. The summed E-state index contributed by atoms with van der Waals surface area (Å²) >= 11 is 0. The topological polar surface area (TPSA) is 12.5 Å². The number of fused-ring (bicyclic) bond motifs is 5. The van der Waals surface area contributed by atoms with E-state index in [1.54, 1.807) is 0 Å². The summed E-state index contributed by atoms with van der Waals surface area (Å²) in [5.74, 6) is 4.32. The third-order valence-corrected chi connectivity index (χ3v) is 14.0. The maximum absolute atomic E-state index is 7.11. The molecular formula is C30H50O. The highest BCUT2D eigenvalue weighted by atomic mass is 16.6. The molecular weight excluding hydrogens is 376 g/mol. The molecule has 1 aliphatic heterocycles. The molecule has 1 saturated heterocycles. The van der Waals surface area contributed by atoms with Gasteiger partial charge in [-0.3, -0.25) is 0 Å². The lowest BCUT2D eigenvalue weighted by molar-refractivity contribution is -0.213. The SMILES string of the molecule is CC(C)[C@H]1CCC2[C@]1(C)CC[C@]1(C)C3CCC4C(C)(C)CCC[C@]4(C)[C@]34O[C@H]4C[C@@]21C. The van der Waals surface area contributed by atoms with Crippen LogP contribution in [-0.2, 0) is 4.74 Å². The summed E-state index contributed by atoms with van der Waals surface area (Å²) in [7, 11) is 0. The van der Waals surface area contributed by atoms with E-state index in [0.717, 1.165) is 29.6 Å². The minimum atomic E-state index is 0.214. The number of hydrogen-bond donors (Lipinski definition) is 0. The van der Waals surface area contributed by atoms with Gasteiger partial charge in [0.1, 0.15) is 5.60 Å². The first-order valence-corrected chi connectivity index (χ1v) is 14.0. The van der Waals surface area contributed by atoms with Gasteiger partial charge in [-0.25, -0.2) is 0 Å². The van der Waals surface area contributed by atoms with Crippen molar-refractivity contribution in [3.8, 4) is 0 Å². The van der Waals surface area contributed by atoms with E-state index < -0.39 is 0 Å². The molecule has 6 rings (SSSR count). The van der Waals surface area contributed by atoms with Crippen molar-refractivity contribution in [3.63, 3.8) is 0 Å². The molecule has 6 fully saturated rings. The summed E-state index contributed by atoms with van der Waals surface area (Å²) < 4.78 is 7.11. The van der Waals surface area contributed by atoms with Crippen LogP contribution in [0.15, 0.2) is 0 Å². The monoisotopic (exact) mass is 426 g/mol. The van der Waals surface area contributed by atoms with Crippen molar-refractivity contribution in [2.45, 2.75) is 131 Å².